The predicted octanol–water partition coefficient (Wildman–Crippen LogP) is 4.15. The van der Waals surface area contributed by atoms with E-state index in [1.807, 2.05) is 13.8 Å². The van der Waals surface area contributed by atoms with E-state index < -0.39 is 0 Å². The number of benzene rings is 1. The minimum atomic E-state index is -0.0457. The Morgan fingerprint density at radius 1 is 1.22 bits per heavy atom. The molecule has 2 unspecified atom stereocenters. The molecule has 0 spiro atoms. The molecule has 0 aliphatic carbocycles. The van der Waals surface area contributed by atoms with Gasteiger partial charge in [0.05, 0.1) is 12.0 Å². The van der Waals surface area contributed by atoms with Crippen molar-refractivity contribution in [2.24, 2.45) is 5.92 Å². The van der Waals surface area contributed by atoms with Gasteiger partial charge < -0.3 is 4.74 Å². The van der Waals surface area contributed by atoms with E-state index in [9.17, 15) is 4.79 Å². The average molecular weight is 317 g/mol. The Bertz CT molecular complexity index is 537. The molecule has 0 radical (unpaired) electrons. The fourth-order valence-corrected chi connectivity index (χ4v) is 4.26. The van der Waals surface area contributed by atoms with Crippen LogP contribution in [0, 0.1) is 12.8 Å². The van der Waals surface area contributed by atoms with Gasteiger partial charge in [-0.3, -0.25) is 9.69 Å². The van der Waals surface area contributed by atoms with Crippen LogP contribution in [0.1, 0.15) is 57.6 Å². The summed E-state index contributed by atoms with van der Waals surface area (Å²) in [5.74, 6) is 0.243. The molecule has 3 nitrogen and oxygen atoms in total. The number of hydrogen-bond donors (Lipinski definition) is 0. The summed E-state index contributed by atoms with van der Waals surface area (Å²) >= 11 is 0. The van der Waals surface area contributed by atoms with Gasteiger partial charge in [0.1, 0.15) is 0 Å². The van der Waals surface area contributed by atoms with Crippen LogP contribution < -0.4 is 0 Å². The molecule has 2 aliphatic heterocycles. The standard InChI is InChI=1S/C19H27NO2.CH4/c1-12(2)22-19(21)18-16(14-7-5-13(3)6-8-14)11-15-9-10-17(18)20(15)4;/h5-8,12,15-18H,9-11H2,1-4H3;1H4/t15-,16-,17?,18?;/m1./s1. The highest BCUT2D eigenvalue weighted by Gasteiger charge is 2.49. The van der Waals surface area contributed by atoms with Crippen molar-refractivity contribution in [2.45, 2.75) is 71.6 Å². The first-order valence-electron chi connectivity index (χ1n) is 8.46. The minimum Gasteiger partial charge on any atom is -0.463 e. The second-order valence-corrected chi connectivity index (χ2v) is 7.23. The zero-order valence-electron chi connectivity index (χ0n) is 14.1. The van der Waals surface area contributed by atoms with E-state index >= 15 is 0 Å². The van der Waals surface area contributed by atoms with Crippen molar-refractivity contribution in [3.63, 3.8) is 0 Å². The van der Waals surface area contributed by atoms with Gasteiger partial charge in [-0.15, -0.1) is 0 Å². The third-order valence-corrected chi connectivity index (χ3v) is 5.40. The SMILES string of the molecule is C.Cc1ccc([C@H]2C[C@H]3CCC(C2C(=O)OC(C)C)N3C)cc1. The molecule has 128 valence electrons. The number of ether oxygens (including phenoxy) is 1. The third-order valence-electron chi connectivity index (χ3n) is 5.40. The van der Waals surface area contributed by atoms with Crippen LogP contribution in [0.3, 0.4) is 0 Å². The molecule has 2 bridgehead atoms. The van der Waals surface area contributed by atoms with Crippen LogP contribution in [0.2, 0.25) is 0 Å². The van der Waals surface area contributed by atoms with Crippen LogP contribution in [-0.2, 0) is 9.53 Å². The Balaban J connectivity index is 0.00000192. The van der Waals surface area contributed by atoms with E-state index in [0.717, 1.165) is 12.8 Å². The Hall–Kier alpha value is -1.35. The van der Waals surface area contributed by atoms with Crippen LogP contribution in [0.4, 0.5) is 0 Å². The molecule has 2 aliphatic rings. The molecule has 1 aromatic carbocycles. The van der Waals surface area contributed by atoms with Crippen molar-refractivity contribution in [1.82, 2.24) is 4.90 Å². The first-order chi connectivity index (χ1) is 10.5. The lowest BCUT2D eigenvalue weighted by atomic mass is 9.76. The number of rotatable bonds is 3. The zero-order valence-corrected chi connectivity index (χ0v) is 14.1. The van der Waals surface area contributed by atoms with Crippen molar-refractivity contribution < 1.29 is 9.53 Å². The summed E-state index contributed by atoms with van der Waals surface area (Å²) in [5.41, 5.74) is 2.56. The normalized spacial score (nSPS) is 30.1. The van der Waals surface area contributed by atoms with E-state index in [4.69, 9.17) is 4.74 Å². The lowest BCUT2D eigenvalue weighted by molar-refractivity contribution is -0.157. The molecule has 2 saturated heterocycles. The molecule has 0 saturated carbocycles. The molecule has 23 heavy (non-hydrogen) atoms. The number of carbonyl (C=O) groups is 1. The number of esters is 1. The predicted molar refractivity (Wildman–Crippen MR) is 94.6 cm³/mol. The summed E-state index contributed by atoms with van der Waals surface area (Å²) < 4.78 is 5.60. The molecule has 1 aromatic rings. The van der Waals surface area contributed by atoms with Gasteiger partial charge >= 0.3 is 5.97 Å². The smallest absolute Gasteiger partial charge is 0.311 e. The number of hydrogen-bond acceptors (Lipinski definition) is 3. The topological polar surface area (TPSA) is 29.5 Å². The summed E-state index contributed by atoms with van der Waals surface area (Å²) in [6.07, 6.45) is 3.33. The van der Waals surface area contributed by atoms with Crippen molar-refractivity contribution >= 4 is 5.97 Å². The second-order valence-electron chi connectivity index (χ2n) is 7.23. The number of aryl methyl sites for hydroxylation is 1. The number of piperidine rings is 1. The Morgan fingerprint density at radius 2 is 1.87 bits per heavy atom. The highest BCUT2D eigenvalue weighted by molar-refractivity contribution is 5.75. The Morgan fingerprint density at radius 3 is 2.48 bits per heavy atom. The van der Waals surface area contributed by atoms with Crippen molar-refractivity contribution in [3.05, 3.63) is 35.4 Å². The average Bonchev–Trinajstić information content (AvgIpc) is 2.71. The lowest BCUT2D eigenvalue weighted by Crippen LogP contribution is -2.49. The maximum Gasteiger partial charge on any atom is 0.311 e. The summed E-state index contributed by atoms with van der Waals surface area (Å²) in [7, 11) is 2.17. The van der Waals surface area contributed by atoms with Gasteiger partial charge in [0, 0.05) is 18.0 Å². The largest absolute Gasteiger partial charge is 0.463 e. The van der Waals surface area contributed by atoms with Gasteiger partial charge in [-0.05, 0) is 52.6 Å². The molecular weight excluding hydrogens is 286 g/mol. The second kappa shape index (κ2) is 7.04. The monoisotopic (exact) mass is 317 g/mol. The maximum absolute atomic E-state index is 12.7. The molecule has 0 amide bonds. The number of carbonyl (C=O) groups excluding carboxylic acids is 1. The van der Waals surface area contributed by atoms with Crippen LogP contribution in [0.15, 0.2) is 24.3 Å². The first kappa shape index (κ1) is 18.0. The van der Waals surface area contributed by atoms with Crippen LogP contribution in [0.25, 0.3) is 0 Å². The molecule has 3 rings (SSSR count). The van der Waals surface area contributed by atoms with Crippen molar-refractivity contribution in [3.8, 4) is 0 Å². The van der Waals surface area contributed by atoms with Crippen LogP contribution in [0.5, 0.6) is 0 Å². The van der Waals surface area contributed by atoms with Gasteiger partial charge in [0.2, 0.25) is 0 Å². The molecule has 3 heteroatoms. The van der Waals surface area contributed by atoms with E-state index in [1.54, 1.807) is 0 Å². The summed E-state index contributed by atoms with van der Waals surface area (Å²) in [6, 6.07) is 9.64. The maximum atomic E-state index is 12.7. The fraction of sp³-hybridized carbons (Fsp3) is 0.650. The third kappa shape index (κ3) is 3.45. The molecule has 0 N–H and O–H groups in total. The highest BCUT2D eigenvalue weighted by Crippen LogP contribution is 2.46. The Labute approximate surface area is 141 Å². The molecule has 2 fully saturated rings. The number of fused-ring (bicyclic) bond motifs is 2. The fourth-order valence-electron chi connectivity index (χ4n) is 4.26. The lowest BCUT2D eigenvalue weighted by Gasteiger charge is -2.42. The van der Waals surface area contributed by atoms with Crippen molar-refractivity contribution in [1.29, 1.82) is 0 Å². The Kier molecular flexibility index (Phi) is 5.51. The highest BCUT2D eigenvalue weighted by atomic mass is 16.5. The van der Waals surface area contributed by atoms with Crippen LogP contribution >= 0.6 is 0 Å². The summed E-state index contributed by atoms with van der Waals surface area (Å²) in [4.78, 5) is 15.2. The first-order valence-corrected chi connectivity index (χ1v) is 8.46. The van der Waals surface area contributed by atoms with Gasteiger partial charge in [-0.1, -0.05) is 37.3 Å². The molecule has 4 atom stereocenters. The quantitative estimate of drug-likeness (QED) is 0.784. The van der Waals surface area contributed by atoms with E-state index in [1.165, 1.54) is 17.5 Å². The minimum absolute atomic E-state index is 0. The summed E-state index contributed by atoms with van der Waals surface area (Å²) in [6.45, 7) is 5.97. The number of nitrogens with zero attached hydrogens (tertiary/aromatic N) is 1. The van der Waals surface area contributed by atoms with Gasteiger partial charge in [0.25, 0.3) is 0 Å². The zero-order chi connectivity index (χ0) is 15.9. The van der Waals surface area contributed by atoms with Gasteiger partial charge in [-0.25, -0.2) is 0 Å². The van der Waals surface area contributed by atoms with E-state index in [2.05, 4.69) is 43.1 Å². The van der Waals surface area contributed by atoms with E-state index in [-0.39, 0.29) is 25.4 Å². The molecular formula is C20H31NO2. The summed E-state index contributed by atoms with van der Waals surface area (Å²) in [5, 5.41) is 0. The molecule has 0 aromatic heterocycles. The van der Waals surface area contributed by atoms with Gasteiger partial charge in [0.15, 0.2) is 0 Å². The van der Waals surface area contributed by atoms with Crippen molar-refractivity contribution in [2.75, 3.05) is 7.05 Å². The molecule has 2 heterocycles. The van der Waals surface area contributed by atoms with Crippen LogP contribution in [-0.4, -0.2) is 36.1 Å². The van der Waals surface area contributed by atoms with E-state index in [0.29, 0.717) is 18.0 Å². The van der Waals surface area contributed by atoms with Gasteiger partial charge in [-0.2, -0.15) is 0 Å².